The minimum Gasteiger partial charge on any atom is -0.364 e. The molecular formula is C29H23NOS. The lowest BCUT2D eigenvalue weighted by molar-refractivity contribution is 0.0948. The zero-order valence-electron chi connectivity index (χ0n) is 17.6. The van der Waals surface area contributed by atoms with Crippen molar-refractivity contribution in [3.05, 3.63) is 117 Å². The maximum absolute atomic E-state index is 13.4. The van der Waals surface area contributed by atoms with Gasteiger partial charge in [-0.3, -0.25) is 4.79 Å². The van der Waals surface area contributed by atoms with Crippen molar-refractivity contribution in [2.24, 2.45) is 5.92 Å². The quantitative estimate of drug-likeness (QED) is 0.584. The Balaban J connectivity index is 1.56. The molecule has 3 aliphatic rings. The molecule has 0 saturated carbocycles. The number of thiophene rings is 1. The molecule has 3 heteroatoms. The fourth-order valence-electron chi connectivity index (χ4n) is 5.19. The van der Waals surface area contributed by atoms with Crippen LogP contribution in [0.1, 0.15) is 33.1 Å². The highest BCUT2D eigenvalue weighted by Crippen LogP contribution is 2.35. The van der Waals surface area contributed by atoms with Gasteiger partial charge in [0, 0.05) is 23.7 Å². The van der Waals surface area contributed by atoms with Gasteiger partial charge in [0.2, 0.25) is 0 Å². The van der Waals surface area contributed by atoms with Crippen LogP contribution in [0.2, 0.25) is 0 Å². The third-order valence-corrected chi connectivity index (χ3v) is 7.59. The molecule has 156 valence electrons. The third-order valence-electron chi connectivity index (χ3n) is 6.71. The number of rotatable bonds is 3. The summed E-state index contributed by atoms with van der Waals surface area (Å²) in [7, 11) is 0. The number of benzene rings is 2. The molecule has 2 heterocycles. The average molecular weight is 434 g/mol. The number of hydrogen-bond acceptors (Lipinski definition) is 3. The molecule has 1 aromatic heterocycles. The molecular weight excluding hydrogens is 410 g/mol. The summed E-state index contributed by atoms with van der Waals surface area (Å²) in [4.78, 5) is 14.3. The predicted molar refractivity (Wildman–Crippen MR) is 133 cm³/mol. The molecule has 6 rings (SSSR count). The van der Waals surface area contributed by atoms with Gasteiger partial charge in [0.15, 0.2) is 5.78 Å². The Hall–Kier alpha value is -3.43. The maximum Gasteiger partial charge on any atom is 0.179 e. The number of ketones is 1. The predicted octanol–water partition coefficient (Wildman–Crippen LogP) is 5.08. The molecule has 3 aromatic rings. The van der Waals surface area contributed by atoms with E-state index in [0.29, 0.717) is 0 Å². The Kier molecular flexibility index (Phi) is 4.77. The molecule has 0 saturated heterocycles. The standard InChI is InChI=1S/C29H23NOS/c31-29(28-10-6-16-32-28)20-17-25-23-12-11-19-7-3-4-8-21(19)22(23)13-14-24(25)26(18-20)27-9-2-1-5-15-30-27/h1-10,12-17,20,26,30H,11,18H2. The first-order valence-electron chi connectivity index (χ1n) is 11.1. The van der Waals surface area contributed by atoms with Gasteiger partial charge in [-0.25, -0.2) is 0 Å². The first kappa shape index (κ1) is 19.3. The van der Waals surface area contributed by atoms with Crippen molar-refractivity contribution in [1.82, 2.24) is 5.32 Å². The fourth-order valence-corrected chi connectivity index (χ4v) is 5.92. The SMILES string of the molecule is O=C(c1cccs1)C1C=c2c(ccc3c2=CCc2ccccc2-3)C(C2=CC=CC=CN2)C1. The van der Waals surface area contributed by atoms with Crippen LogP contribution in [0.3, 0.4) is 0 Å². The van der Waals surface area contributed by atoms with E-state index in [1.165, 1.54) is 44.0 Å². The second kappa shape index (κ2) is 7.92. The largest absolute Gasteiger partial charge is 0.364 e. The van der Waals surface area contributed by atoms with Gasteiger partial charge >= 0.3 is 0 Å². The van der Waals surface area contributed by atoms with Crippen LogP contribution in [0.15, 0.2) is 90.1 Å². The first-order chi connectivity index (χ1) is 15.8. The van der Waals surface area contributed by atoms with Crippen molar-refractivity contribution in [2.75, 3.05) is 0 Å². The van der Waals surface area contributed by atoms with Crippen LogP contribution in [0.25, 0.3) is 23.3 Å². The summed E-state index contributed by atoms with van der Waals surface area (Å²) in [5, 5.41) is 7.95. The van der Waals surface area contributed by atoms with E-state index in [1.54, 1.807) is 0 Å². The van der Waals surface area contributed by atoms with E-state index < -0.39 is 0 Å². The average Bonchev–Trinajstić information content (AvgIpc) is 3.25. The van der Waals surface area contributed by atoms with Crippen LogP contribution in [-0.4, -0.2) is 5.78 Å². The van der Waals surface area contributed by atoms with E-state index in [9.17, 15) is 4.79 Å². The Bertz CT molecular complexity index is 1420. The van der Waals surface area contributed by atoms with Gasteiger partial charge in [0.1, 0.15) is 0 Å². The van der Waals surface area contributed by atoms with Gasteiger partial charge in [0.25, 0.3) is 0 Å². The summed E-state index contributed by atoms with van der Waals surface area (Å²) >= 11 is 1.54. The van der Waals surface area contributed by atoms with Gasteiger partial charge in [-0.15, -0.1) is 11.3 Å². The lowest BCUT2D eigenvalue weighted by atomic mass is 9.76. The molecule has 1 N–H and O–H groups in total. The molecule has 0 amide bonds. The van der Waals surface area contributed by atoms with Crippen molar-refractivity contribution < 1.29 is 4.79 Å². The summed E-state index contributed by atoms with van der Waals surface area (Å²) in [6, 6.07) is 17.1. The highest BCUT2D eigenvalue weighted by atomic mass is 32.1. The lowest BCUT2D eigenvalue weighted by Crippen LogP contribution is -2.39. The van der Waals surface area contributed by atoms with Gasteiger partial charge in [-0.05, 0) is 69.1 Å². The Morgan fingerprint density at radius 2 is 1.88 bits per heavy atom. The van der Waals surface area contributed by atoms with Crippen LogP contribution in [-0.2, 0) is 6.42 Å². The number of Topliss-reactive ketones (excluding diaryl/α,β-unsaturated/α-hetero) is 1. The number of nitrogens with one attached hydrogen (secondary N) is 1. The summed E-state index contributed by atoms with van der Waals surface area (Å²) in [5.74, 6) is 0.235. The number of carbonyl (C=O) groups is 1. The topological polar surface area (TPSA) is 29.1 Å². The number of hydrogen-bond donors (Lipinski definition) is 1. The molecule has 0 radical (unpaired) electrons. The second-order valence-electron chi connectivity index (χ2n) is 8.51. The van der Waals surface area contributed by atoms with E-state index >= 15 is 0 Å². The van der Waals surface area contributed by atoms with Gasteiger partial charge in [0.05, 0.1) is 4.88 Å². The van der Waals surface area contributed by atoms with Crippen molar-refractivity contribution >= 4 is 29.3 Å². The molecule has 2 atom stereocenters. The fraction of sp³-hybridized carbons (Fsp3) is 0.138. The van der Waals surface area contributed by atoms with Crippen molar-refractivity contribution in [2.45, 2.75) is 18.8 Å². The summed E-state index contributed by atoms with van der Waals surface area (Å²) in [6.07, 6.45) is 16.5. The summed E-state index contributed by atoms with van der Waals surface area (Å²) in [5.41, 5.74) is 6.39. The highest BCUT2D eigenvalue weighted by molar-refractivity contribution is 7.12. The van der Waals surface area contributed by atoms with E-state index in [4.69, 9.17) is 0 Å². The number of carbonyl (C=O) groups excluding carboxylic acids is 1. The van der Waals surface area contributed by atoms with Gasteiger partial charge < -0.3 is 5.32 Å². The lowest BCUT2D eigenvalue weighted by Gasteiger charge is -2.29. The van der Waals surface area contributed by atoms with Gasteiger partial charge in [-0.2, -0.15) is 0 Å². The Morgan fingerprint density at radius 1 is 0.938 bits per heavy atom. The van der Waals surface area contributed by atoms with E-state index in [2.05, 4.69) is 66.0 Å². The van der Waals surface area contributed by atoms with Crippen molar-refractivity contribution in [3.63, 3.8) is 0 Å². The highest BCUT2D eigenvalue weighted by Gasteiger charge is 2.31. The molecule has 2 aliphatic carbocycles. The number of fused-ring (bicyclic) bond motifs is 5. The van der Waals surface area contributed by atoms with Crippen LogP contribution >= 0.6 is 11.3 Å². The second-order valence-corrected chi connectivity index (χ2v) is 9.46. The molecule has 2 unspecified atom stereocenters. The van der Waals surface area contributed by atoms with E-state index in [0.717, 1.165) is 23.4 Å². The number of allylic oxidation sites excluding steroid dienone is 5. The molecule has 0 fully saturated rings. The zero-order valence-corrected chi connectivity index (χ0v) is 18.4. The van der Waals surface area contributed by atoms with Crippen LogP contribution < -0.4 is 15.8 Å². The molecule has 1 aliphatic heterocycles. The Labute approximate surface area is 191 Å². The minimum atomic E-state index is -0.137. The summed E-state index contributed by atoms with van der Waals surface area (Å²) in [6.45, 7) is 0. The third kappa shape index (κ3) is 3.21. The van der Waals surface area contributed by atoms with Crippen LogP contribution in [0.5, 0.6) is 0 Å². The molecule has 0 spiro atoms. The first-order valence-corrected chi connectivity index (χ1v) is 12.0. The monoisotopic (exact) mass is 433 g/mol. The van der Waals surface area contributed by atoms with E-state index in [-0.39, 0.29) is 17.6 Å². The van der Waals surface area contributed by atoms with Crippen molar-refractivity contribution in [3.8, 4) is 11.1 Å². The van der Waals surface area contributed by atoms with Crippen molar-refractivity contribution in [1.29, 1.82) is 0 Å². The minimum absolute atomic E-state index is 0.137. The van der Waals surface area contributed by atoms with Crippen LogP contribution in [0, 0.1) is 5.92 Å². The zero-order chi connectivity index (χ0) is 21.5. The molecule has 2 aromatic carbocycles. The molecule has 0 bridgehead atoms. The van der Waals surface area contributed by atoms with Crippen LogP contribution in [0.4, 0.5) is 0 Å². The smallest absolute Gasteiger partial charge is 0.179 e. The normalized spacial score (nSPS) is 20.4. The summed E-state index contributed by atoms with van der Waals surface area (Å²) < 4.78 is 0. The Morgan fingerprint density at radius 3 is 2.78 bits per heavy atom. The maximum atomic E-state index is 13.4. The molecule has 2 nitrogen and oxygen atoms in total. The molecule has 32 heavy (non-hydrogen) atoms. The van der Waals surface area contributed by atoms with Gasteiger partial charge in [-0.1, -0.05) is 66.8 Å². The van der Waals surface area contributed by atoms with E-state index in [1.807, 2.05) is 35.9 Å².